The quantitative estimate of drug-likeness (QED) is 0.862. The van der Waals surface area contributed by atoms with E-state index in [1.807, 2.05) is 0 Å². The Bertz CT molecular complexity index is 671. The van der Waals surface area contributed by atoms with Gasteiger partial charge in [-0.25, -0.2) is 0 Å². The molecule has 1 fully saturated rings. The molecule has 1 aliphatic carbocycles. The topological polar surface area (TPSA) is 72.9 Å². The van der Waals surface area contributed by atoms with E-state index < -0.39 is 0 Å². The summed E-state index contributed by atoms with van der Waals surface area (Å²) in [4.78, 5) is 6.91. The van der Waals surface area contributed by atoms with Crippen LogP contribution in [0.15, 0.2) is 4.52 Å². The van der Waals surface area contributed by atoms with Gasteiger partial charge in [-0.15, -0.1) is 10.2 Å². The van der Waals surface area contributed by atoms with Crippen LogP contribution in [-0.2, 0) is 13.1 Å². The molecule has 1 aliphatic heterocycles. The maximum atomic E-state index is 5.47. The Morgan fingerprint density at radius 2 is 1.95 bits per heavy atom. The zero-order valence-electron chi connectivity index (χ0n) is 13.4. The summed E-state index contributed by atoms with van der Waals surface area (Å²) in [5, 5.41) is 12.8. The van der Waals surface area contributed by atoms with Gasteiger partial charge in [-0.1, -0.05) is 19.0 Å². The molecule has 2 aliphatic rings. The maximum absolute atomic E-state index is 5.47. The lowest BCUT2D eigenvalue weighted by Crippen LogP contribution is -2.36. The molecule has 0 bridgehead atoms. The van der Waals surface area contributed by atoms with Crippen LogP contribution < -0.4 is 0 Å². The molecule has 22 heavy (non-hydrogen) atoms. The van der Waals surface area contributed by atoms with Crippen molar-refractivity contribution in [1.82, 2.24) is 29.8 Å². The third-order valence-electron chi connectivity index (χ3n) is 4.63. The van der Waals surface area contributed by atoms with E-state index in [0.717, 1.165) is 43.0 Å². The van der Waals surface area contributed by atoms with Gasteiger partial charge in [0, 0.05) is 24.9 Å². The minimum Gasteiger partial charge on any atom is -0.338 e. The van der Waals surface area contributed by atoms with Gasteiger partial charge in [-0.2, -0.15) is 4.98 Å². The number of hydrogen-bond donors (Lipinski definition) is 0. The van der Waals surface area contributed by atoms with Crippen LogP contribution in [-0.4, -0.2) is 36.3 Å². The van der Waals surface area contributed by atoms with E-state index in [1.54, 1.807) is 0 Å². The lowest BCUT2D eigenvalue weighted by Gasteiger charge is -2.31. The van der Waals surface area contributed by atoms with Gasteiger partial charge in [0.25, 0.3) is 0 Å². The monoisotopic (exact) mass is 302 g/mol. The summed E-state index contributed by atoms with van der Waals surface area (Å²) in [6.45, 7) is 9.09. The van der Waals surface area contributed by atoms with Crippen molar-refractivity contribution in [3.05, 3.63) is 23.4 Å². The summed E-state index contributed by atoms with van der Waals surface area (Å²) in [7, 11) is 0. The van der Waals surface area contributed by atoms with E-state index in [0.29, 0.717) is 11.8 Å². The highest BCUT2D eigenvalue weighted by atomic mass is 16.5. The van der Waals surface area contributed by atoms with Gasteiger partial charge in [0.1, 0.15) is 11.6 Å². The predicted octanol–water partition coefficient (Wildman–Crippen LogP) is 2.24. The maximum Gasteiger partial charge on any atom is 0.243 e. The van der Waals surface area contributed by atoms with Crippen molar-refractivity contribution in [1.29, 1.82) is 0 Å². The average Bonchev–Trinajstić information content (AvgIpc) is 3.10. The molecule has 0 saturated heterocycles. The van der Waals surface area contributed by atoms with E-state index in [4.69, 9.17) is 4.52 Å². The Hall–Kier alpha value is -1.76. The van der Waals surface area contributed by atoms with Crippen LogP contribution in [0.4, 0.5) is 0 Å². The van der Waals surface area contributed by atoms with Gasteiger partial charge < -0.3 is 9.09 Å². The van der Waals surface area contributed by atoms with Crippen molar-refractivity contribution >= 4 is 0 Å². The molecule has 118 valence electrons. The number of rotatable bonds is 4. The highest BCUT2D eigenvalue weighted by Crippen LogP contribution is 2.38. The van der Waals surface area contributed by atoms with E-state index in [1.165, 1.54) is 12.8 Å². The van der Waals surface area contributed by atoms with Crippen LogP contribution in [0.3, 0.4) is 0 Å². The molecule has 2 aromatic heterocycles. The minimum absolute atomic E-state index is 0.118. The van der Waals surface area contributed by atoms with Crippen molar-refractivity contribution in [2.45, 2.75) is 64.6 Å². The Morgan fingerprint density at radius 1 is 1.14 bits per heavy atom. The molecule has 3 heterocycles. The smallest absolute Gasteiger partial charge is 0.243 e. The second kappa shape index (κ2) is 5.15. The molecular formula is C15H22N6O. The molecule has 0 unspecified atom stereocenters. The van der Waals surface area contributed by atoms with Crippen molar-refractivity contribution in [3.63, 3.8) is 0 Å². The van der Waals surface area contributed by atoms with E-state index in [9.17, 15) is 0 Å². The van der Waals surface area contributed by atoms with E-state index >= 15 is 0 Å². The fourth-order valence-electron chi connectivity index (χ4n) is 3.04. The van der Waals surface area contributed by atoms with Crippen molar-refractivity contribution in [3.8, 4) is 0 Å². The van der Waals surface area contributed by atoms with Crippen LogP contribution >= 0.6 is 0 Å². The minimum atomic E-state index is 0.118. The Morgan fingerprint density at radius 3 is 2.68 bits per heavy atom. The normalized spacial score (nSPS) is 20.4. The molecule has 0 amide bonds. The van der Waals surface area contributed by atoms with Crippen molar-refractivity contribution in [2.75, 3.05) is 6.54 Å². The molecule has 0 radical (unpaired) electrons. The van der Waals surface area contributed by atoms with Crippen LogP contribution in [0.5, 0.6) is 0 Å². The van der Waals surface area contributed by atoms with Crippen LogP contribution in [0.1, 0.15) is 74.9 Å². The number of hydrogen-bond acceptors (Lipinski definition) is 6. The fraction of sp³-hybridized carbons (Fsp3) is 0.733. The highest BCUT2D eigenvalue weighted by Gasteiger charge is 2.32. The SMILES string of the molecule is CC(C)c1nnc2n1CCN([C@@H](C)c1nc(C3CC3)no1)C2. The molecule has 4 rings (SSSR count). The first-order chi connectivity index (χ1) is 10.6. The van der Waals surface area contributed by atoms with E-state index in [2.05, 4.69) is 50.6 Å². The lowest BCUT2D eigenvalue weighted by atomic mass is 10.2. The summed E-state index contributed by atoms with van der Waals surface area (Å²) in [6, 6.07) is 0.118. The number of nitrogens with zero attached hydrogens (tertiary/aromatic N) is 6. The zero-order valence-corrected chi connectivity index (χ0v) is 13.4. The second-order valence-electron chi connectivity index (χ2n) is 6.69. The number of aromatic nitrogens is 5. The lowest BCUT2D eigenvalue weighted by molar-refractivity contribution is 0.135. The third kappa shape index (κ3) is 2.33. The van der Waals surface area contributed by atoms with Gasteiger partial charge >= 0.3 is 0 Å². The molecule has 1 atom stereocenters. The van der Waals surface area contributed by atoms with Gasteiger partial charge in [0.05, 0.1) is 12.6 Å². The highest BCUT2D eigenvalue weighted by molar-refractivity contribution is 5.06. The molecule has 7 nitrogen and oxygen atoms in total. The molecule has 2 aromatic rings. The zero-order chi connectivity index (χ0) is 15.3. The third-order valence-corrected chi connectivity index (χ3v) is 4.63. The van der Waals surface area contributed by atoms with E-state index in [-0.39, 0.29) is 6.04 Å². The van der Waals surface area contributed by atoms with Gasteiger partial charge in [-0.3, -0.25) is 4.90 Å². The van der Waals surface area contributed by atoms with Gasteiger partial charge in [-0.05, 0) is 19.8 Å². The first-order valence-electron chi connectivity index (χ1n) is 8.13. The molecular weight excluding hydrogens is 280 g/mol. The average molecular weight is 302 g/mol. The fourth-order valence-corrected chi connectivity index (χ4v) is 3.04. The van der Waals surface area contributed by atoms with Crippen molar-refractivity contribution < 1.29 is 4.52 Å². The Kier molecular flexibility index (Phi) is 3.25. The second-order valence-corrected chi connectivity index (χ2v) is 6.69. The summed E-state index contributed by atoms with van der Waals surface area (Å²) in [5.74, 6) is 4.65. The summed E-state index contributed by atoms with van der Waals surface area (Å²) in [6.07, 6.45) is 2.39. The van der Waals surface area contributed by atoms with Crippen LogP contribution in [0.25, 0.3) is 0 Å². The molecule has 7 heteroatoms. The van der Waals surface area contributed by atoms with Gasteiger partial charge in [0.2, 0.25) is 5.89 Å². The summed E-state index contributed by atoms with van der Waals surface area (Å²) in [5.41, 5.74) is 0. The Labute approximate surface area is 129 Å². The predicted molar refractivity (Wildman–Crippen MR) is 79.2 cm³/mol. The molecule has 0 spiro atoms. The van der Waals surface area contributed by atoms with Crippen molar-refractivity contribution in [2.24, 2.45) is 0 Å². The van der Waals surface area contributed by atoms with Crippen LogP contribution in [0, 0.1) is 0 Å². The molecule has 0 aromatic carbocycles. The largest absolute Gasteiger partial charge is 0.338 e. The molecule has 1 saturated carbocycles. The first kappa shape index (κ1) is 13.9. The standard InChI is InChI=1S/C15H22N6O/c1-9(2)14-18-17-12-8-20(6-7-21(12)14)10(3)15-16-13(19-22-15)11-4-5-11/h9-11H,4-8H2,1-3H3/t10-/m0/s1. The summed E-state index contributed by atoms with van der Waals surface area (Å²) >= 11 is 0. The van der Waals surface area contributed by atoms with Crippen LogP contribution in [0.2, 0.25) is 0 Å². The molecule has 0 N–H and O–H groups in total. The van der Waals surface area contributed by atoms with Gasteiger partial charge in [0.15, 0.2) is 5.82 Å². The number of fused-ring (bicyclic) bond motifs is 1. The first-order valence-corrected chi connectivity index (χ1v) is 8.13. The summed E-state index contributed by atoms with van der Waals surface area (Å²) < 4.78 is 7.71. The Balaban J connectivity index is 1.51.